The fourth-order valence-electron chi connectivity index (χ4n) is 0.918. The smallest absolute Gasteiger partial charge is 0.217 e. The van der Waals surface area contributed by atoms with E-state index in [9.17, 15) is 12.8 Å². The van der Waals surface area contributed by atoms with E-state index >= 15 is 0 Å². The summed E-state index contributed by atoms with van der Waals surface area (Å²) in [6.45, 7) is -0.533. The van der Waals surface area contributed by atoms with Crippen LogP contribution in [0.5, 0.6) is 0 Å². The summed E-state index contributed by atoms with van der Waals surface area (Å²) in [5, 5.41) is 0. The largest absolute Gasteiger partial charge is 0.327 e. The summed E-state index contributed by atoms with van der Waals surface area (Å²) in [6.07, 6.45) is 0. The van der Waals surface area contributed by atoms with Gasteiger partial charge in [0.15, 0.2) is 0 Å². The summed E-state index contributed by atoms with van der Waals surface area (Å²) >= 11 is 3.11. The Morgan fingerprint density at radius 3 is 2.64 bits per heavy atom. The van der Waals surface area contributed by atoms with Crippen molar-refractivity contribution in [1.82, 2.24) is 0 Å². The molecule has 1 aromatic carbocycles. The Morgan fingerprint density at radius 1 is 1.50 bits per heavy atom. The lowest BCUT2D eigenvalue weighted by Crippen LogP contribution is -2.25. The molecule has 0 aliphatic heterocycles. The molecule has 0 saturated heterocycles. The minimum atomic E-state index is -3.93. The van der Waals surface area contributed by atoms with Gasteiger partial charge in [0.05, 0.1) is 4.90 Å². The van der Waals surface area contributed by atoms with Crippen molar-refractivity contribution in [2.45, 2.75) is 10.4 Å². The van der Waals surface area contributed by atoms with Crippen molar-refractivity contribution in [2.24, 2.45) is 5.73 Å². The first-order valence-corrected chi connectivity index (χ1v) is 6.16. The van der Waals surface area contributed by atoms with Gasteiger partial charge in [-0.3, -0.25) is 0 Å². The van der Waals surface area contributed by atoms with Crippen LogP contribution in [-0.4, -0.2) is 20.5 Å². The van der Waals surface area contributed by atoms with Crippen LogP contribution < -0.4 is 5.73 Å². The minimum Gasteiger partial charge on any atom is -0.327 e. The molecular weight excluding hydrogens is 273 g/mol. The second kappa shape index (κ2) is 4.37. The van der Waals surface area contributed by atoms with E-state index in [1.807, 2.05) is 0 Å². The fraction of sp³-hybridized carbons (Fsp3) is 0.250. The van der Waals surface area contributed by atoms with Crippen LogP contribution in [-0.2, 0) is 9.84 Å². The van der Waals surface area contributed by atoms with Gasteiger partial charge in [-0.25, -0.2) is 12.8 Å². The molecule has 2 N–H and O–H groups in total. The quantitative estimate of drug-likeness (QED) is 0.913. The van der Waals surface area contributed by atoms with Gasteiger partial charge in [0.1, 0.15) is 0 Å². The molecule has 1 aromatic rings. The lowest BCUT2D eigenvalue weighted by molar-refractivity contribution is 0.425. The molecule has 3 nitrogen and oxygen atoms in total. The Balaban J connectivity index is 3.17. The van der Waals surface area contributed by atoms with Crippen LogP contribution in [0.15, 0.2) is 33.6 Å². The lowest BCUT2D eigenvalue weighted by atomic mass is 10.4. The molecule has 78 valence electrons. The Kier molecular flexibility index (Phi) is 3.63. The summed E-state index contributed by atoms with van der Waals surface area (Å²) in [7, 11) is -3.93. The van der Waals surface area contributed by atoms with Crippen LogP contribution in [0.3, 0.4) is 0 Å². The lowest BCUT2D eigenvalue weighted by Gasteiger charge is -2.07. The number of benzene rings is 1. The average molecular weight is 282 g/mol. The number of sulfone groups is 1. The molecule has 0 saturated carbocycles. The van der Waals surface area contributed by atoms with E-state index in [1.165, 1.54) is 18.2 Å². The van der Waals surface area contributed by atoms with Gasteiger partial charge < -0.3 is 5.73 Å². The third-order valence-corrected chi connectivity index (χ3v) is 3.92. The number of hydrogen-bond acceptors (Lipinski definition) is 3. The highest BCUT2D eigenvalue weighted by atomic mass is 79.9. The van der Waals surface area contributed by atoms with Gasteiger partial charge >= 0.3 is 0 Å². The Bertz CT molecular complexity index is 421. The van der Waals surface area contributed by atoms with E-state index < -0.39 is 21.9 Å². The predicted molar refractivity (Wildman–Crippen MR) is 55.3 cm³/mol. The molecule has 1 unspecified atom stereocenters. The van der Waals surface area contributed by atoms with Crippen molar-refractivity contribution >= 4 is 25.8 Å². The predicted octanol–water partition coefficient (Wildman–Crippen LogP) is 1.48. The molecule has 6 heteroatoms. The maximum Gasteiger partial charge on any atom is 0.217 e. The third kappa shape index (κ3) is 2.31. The van der Waals surface area contributed by atoms with Crippen molar-refractivity contribution in [3.8, 4) is 0 Å². The summed E-state index contributed by atoms with van der Waals surface area (Å²) in [4.78, 5) is -0.0650. The van der Waals surface area contributed by atoms with Crippen LogP contribution in [0.25, 0.3) is 0 Å². The summed E-state index contributed by atoms with van der Waals surface area (Å²) in [5.74, 6) is 0. The molecule has 0 bridgehead atoms. The minimum absolute atomic E-state index is 0.0650. The van der Waals surface area contributed by atoms with Crippen molar-refractivity contribution in [2.75, 3.05) is 6.54 Å². The van der Waals surface area contributed by atoms with Crippen LogP contribution in [0.2, 0.25) is 0 Å². The molecule has 0 aromatic heterocycles. The van der Waals surface area contributed by atoms with Crippen LogP contribution in [0.1, 0.15) is 0 Å². The van der Waals surface area contributed by atoms with Gasteiger partial charge in [0, 0.05) is 11.0 Å². The third-order valence-electron chi connectivity index (χ3n) is 1.65. The van der Waals surface area contributed by atoms with Gasteiger partial charge in [0.25, 0.3) is 0 Å². The van der Waals surface area contributed by atoms with E-state index in [2.05, 4.69) is 15.9 Å². The average Bonchev–Trinajstić information content (AvgIpc) is 2.16. The van der Waals surface area contributed by atoms with E-state index in [4.69, 9.17) is 5.73 Å². The second-order valence-electron chi connectivity index (χ2n) is 2.65. The Hall–Kier alpha value is -0.460. The van der Waals surface area contributed by atoms with Crippen molar-refractivity contribution in [1.29, 1.82) is 0 Å². The van der Waals surface area contributed by atoms with Crippen molar-refractivity contribution in [3.63, 3.8) is 0 Å². The molecule has 1 rings (SSSR count). The maximum atomic E-state index is 13.0. The SMILES string of the molecule is NCC(F)S(=O)(=O)c1cccc(Br)c1. The van der Waals surface area contributed by atoms with E-state index in [1.54, 1.807) is 6.07 Å². The molecule has 0 aliphatic carbocycles. The fourth-order valence-corrected chi connectivity index (χ4v) is 2.58. The first kappa shape index (κ1) is 11.6. The summed E-state index contributed by atoms with van der Waals surface area (Å²) in [5.41, 5.74) is 2.92. The molecular formula is C8H9BrFNO2S. The molecule has 0 fully saturated rings. The molecule has 0 heterocycles. The topological polar surface area (TPSA) is 60.2 Å². The second-order valence-corrected chi connectivity index (χ2v) is 5.64. The first-order chi connectivity index (χ1) is 6.48. The Morgan fingerprint density at radius 2 is 2.14 bits per heavy atom. The van der Waals surface area contributed by atoms with Crippen LogP contribution >= 0.6 is 15.9 Å². The highest BCUT2D eigenvalue weighted by Gasteiger charge is 2.25. The van der Waals surface area contributed by atoms with Gasteiger partial charge in [-0.05, 0) is 18.2 Å². The van der Waals surface area contributed by atoms with Crippen molar-refractivity contribution in [3.05, 3.63) is 28.7 Å². The maximum absolute atomic E-state index is 13.0. The molecule has 0 spiro atoms. The number of rotatable bonds is 3. The van der Waals surface area contributed by atoms with Gasteiger partial charge in [-0.2, -0.15) is 0 Å². The zero-order valence-corrected chi connectivity index (χ0v) is 9.55. The molecule has 1 atom stereocenters. The number of alkyl halides is 1. The van der Waals surface area contributed by atoms with Gasteiger partial charge in [0.2, 0.25) is 15.3 Å². The van der Waals surface area contributed by atoms with E-state index in [0.29, 0.717) is 4.47 Å². The highest BCUT2D eigenvalue weighted by molar-refractivity contribution is 9.10. The molecule has 14 heavy (non-hydrogen) atoms. The summed E-state index contributed by atoms with van der Waals surface area (Å²) < 4.78 is 36.5. The zero-order chi connectivity index (χ0) is 10.8. The van der Waals surface area contributed by atoms with Crippen LogP contribution in [0, 0.1) is 0 Å². The molecule has 0 radical (unpaired) electrons. The monoisotopic (exact) mass is 281 g/mol. The zero-order valence-electron chi connectivity index (χ0n) is 7.15. The Labute approximate surface area is 90.2 Å². The van der Waals surface area contributed by atoms with Gasteiger partial charge in [-0.1, -0.05) is 22.0 Å². The number of halogens is 2. The van der Waals surface area contributed by atoms with E-state index in [-0.39, 0.29) is 4.90 Å². The summed E-state index contributed by atoms with van der Waals surface area (Å²) in [6, 6.07) is 5.87. The van der Waals surface area contributed by atoms with Crippen molar-refractivity contribution < 1.29 is 12.8 Å². The van der Waals surface area contributed by atoms with Gasteiger partial charge in [-0.15, -0.1) is 0 Å². The first-order valence-electron chi connectivity index (χ1n) is 3.82. The molecule has 0 amide bonds. The van der Waals surface area contributed by atoms with Crippen LogP contribution in [0.4, 0.5) is 4.39 Å². The molecule has 0 aliphatic rings. The normalized spacial score (nSPS) is 13.9. The van der Waals surface area contributed by atoms with E-state index in [0.717, 1.165) is 0 Å². The highest BCUT2D eigenvalue weighted by Crippen LogP contribution is 2.20. The number of hydrogen-bond donors (Lipinski definition) is 1. The number of nitrogens with two attached hydrogens (primary N) is 1. The standard InChI is InChI=1S/C8H9BrFNO2S/c9-6-2-1-3-7(4-6)14(12,13)8(10)5-11/h1-4,8H,5,11H2.